The molecule has 3 aromatic rings. The van der Waals surface area contributed by atoms with Crippen molar-refractivity contribution in [3.63, 3.8) is 0 Å². The van der Waals surface area contributed by atoms with Crippen LogP contribution in [0, 0.1) is 0 Å². The van der Waals surface area contributed by atoms with Gasteiger partial charge in [-0.3, -0.25) is 9.59 Å². The SMILES string of the molecule is CCN1C(=O)C(C)(C)c2cc(Nc3ncc(Cl)c(Nc4ccc(C(=O)NC5CC5)cc4)n3)ccc21. The Morgan fingerprint density at radius 1 is 1.11 bits per heavy atom. The van der Waals surface area contributed by atoms with Crippen LogP contribution >= 0.6 is 11.6 Å². The molecular weight excluding hydrogens is 464 g/mol. The van der Waals surface area contributed by atoms with Gasteiger partial charge in [0, 0.05) is 35.2 Å². The molecule has 2 aromatic carbocycles. The normalized spacial score (nSPS) is 16.1. The van der Waals surface area contributed by atoms with Gasteiger partial charge in [-0.1, -0.05) is 11.6 Å². The highest BCUT2D eigenvalue weighted by Crippen LogP contribution is 2.43. The molecule has 2 amide bonds. The van der Waals surface area contributed by atoms with E-state index in [1.807, 2.05) is 51.1 Å². The monoisotopic (exact) mass is 490 g/mol. The molecule has 1 aliphatic carbocycles. The Labute approximate surface area is 209 Å². The third-order valence-electron chi connectivity index (χ3n) is 6.38. The second-order valence-electron chi connectivity index (χ2n) is 9.37. The average Bonchev–Trinajstić information content (AvgIpc) is 3.63. The summed E-state index contributed by atoms with van der Waals surface area (Å²) >= 11 is 6.33. The lowest BCUT2D eigenvalue weighted by atomic mass is 9.86. The number of aromatic nitrogens is 2. The maximum absolute atomic E-state index is 12.8. The fourth-order valence-electron chi connectivity index (χ4n) is 4.21. The molecule has 0 spiro atoms. The molecule has 0 atom stereocenters. The van der Waals surface area contributed by atoms with Gasteiger partial charge >= 0.3 is 0 Å². The zero-order chi connectivity index (χ0) is 24.7. The summed E-state index contributed by atoms with van der Waals surface area (Å²) in [5, 5.41) is 9.75. The number of amides is 2. The maximum atomic E-state index is 12.8. The first-order valence-corrected chi connectivity index (χ1v) is 12.1. The molecule has 2 aliphatic rings. The lowest BCUT2D eigenvalue weighted by Crippen LogP contribution is -2.35. The van der Waals surface area contributed by atoms with Crippen LogP contribution in [0.4, 0.5) is 28.8 Å². The number of halogens is 1. The summed E-state index contributed by atoms with van der Waals surface area (Å²) in [7, 11) is 0. The fourth-order valence-corrected chi connectivity index (χ4v) is 4.35. The molecular formula is C26H27ClN6O2. The van der Waals surface area contributed by atoms with E-state index in [0.29, 0.717) is 34.9 Å². The summed E-state index contributed by atoms with van der Waals surface area (Å²) in [6.45, 7) is 6.48. The first-order valence-electron chi connectivity index (χ1n) is 11.7. The number of carbonyl (C=O) groups is 2. The smallest absolute Gasteiger partial charge is 0.251 e. The summed E-state index contributed by atoms with van der Waals surface area (Å²) in [4.78, 5) is 35.6. The average molecular weight is 491 g/mol. The van der Waals surface area contributed by atoms with Crippen molar-refractivity contribution < 1.29 is 9.59 Å². The van der Waals surface area contributed by atoms with E-state index in [-0.39, 0.29) is 11.8 Å². The van der Waals surface area contributed by atoms with Crippen molar-refractivity contribution in [1.82, 2.24) is 15.3 Å². The fraction of sp³-hybridized carbons (Fsp3) is 0.308. The number of rotatable bonds is 7. The van der Waals surface area contributed by atoms with Crippen molar-refractivity contribution in [2.75, 3.05) is 22.1 Å². The van der Waals surface area contributed by atoms with Crippen LogP contribution in [0.15, 0.2) is 48.7 Å². The number of fused-ring (bicyclic) bond motifs is 1. The standard InChI is InChI=1S/C26H27ClN6O2/c1-4-33-21-12-11-18(13-19(21)26(2,3)24(33)35)31-25-28-14-20(27)22(32-25)29-16-7-5-15(6-8-16)23(34)30-17-9-10-17/h5-8,11-14,17H,4,9-10H2,1-3H3,(H,30,34)(H2,28,29,31,32). The Balaban J connectivity index is 1.33. The predicted molar refractivity (Wildman–Crippen MR) is 138 cm³/mol. The molecule has 1 saturated carbocycles. The number of nitrogens with one attached hydrogen (secondary N) is 3. The Kier molecular flexibility index (Phi) is 5.84. The highest BCUT2D eigenvalue weighted by molar-refractivity contribution is 6.32. The minimum absolute atomic E-state index is 0.0631. The van der Waals surface area contributed by atoms with Gasteiger partial charge in [-0.25, -0.2) is 4.98 Å². The number of hydrogen-bond acceptors (Lipinski definition) is 6. The van der Waals surface area contributed by atoms with Gasteiger partial charge in [0.25, 0.3) is 5.91 Å². The Morgan fingerprint density at radius 3 is 2.51 bits per heavy atom. The summed E-state index contributed by atoms with van der Waals surface area (Å²) in [5.74, 6) is 0.837. The summed E-state index contributed by atoms with van der Waals surface area (Å²) in [6, 6.07) is 13.3. The van der Waals surface area contributed by atoms with E-state index in [9.17, 15) is 9.59 Å². The molecule has 180 valence electrons. The molecule has 3 N–H and O–H groups in total. The number of carbonyl (C=O) groups excluding carboxylic acids is 2. The second kappa shape index (κ2) is 8.85. The number of benzene rings is 2. The lowest BCUT2D eigenvalue weighted by Gasteiger charge is -2.18. The Hall–Kier alpha value is -3.65. The van der Waals surface area contributed by atoms with Crippen LogP contribution in [-0.2, 0) is 10.2 Å². The predicted octanol–water partition coefficient (Wildman–Crippen LogP) is 5.15. The summed E-state index contributed by atoms with van der Waals surface area (Å²) < 4.78 is 0. The molecule has 0 unspecified atom stereocenters. The summed E-state index contributed by atoms with van der Waals surface area (Å²) in [5.41, 5.74) is 3.43. The molecule has 9 heteroatoms. The Morgan fingerprint density at radius 2 is 1.83 bits per heavy atom. The zero-order valence-electron chi connectivity index (χ0n) is 19.9. The van der Waals surface area contributed by atoms with E-state index in [1.54, 1.807) is 17.0 Å². The highest BCUT2D eigenvalue weighted by Gasteiger charge is 2.43. The molecule has 1 fully saturated rings. The van der Waals surface area contributed by atoms with Gasteiger partial charge < -0.3 is 20.9 Å². The largest absolute Gasteiger partial charge is 0.349 e. The van der Waals surface area contributed by atoms with Gasteiger partial charge in [0.1, 0.15) is 5.02 Å². The van der Waals surface area contributed by atoms with Crippen molar-refractivity contribution in [1.29, 1.82) is 0 Å². The number of nitrogens with zero attached hydrogens (tertiary/aromatic N) is 3. The van der Waals surface area contributed by atoms with Gasteiger partial charge in [-0.05, 0) is 81.6 Å². The van der Waals surface area contributed by atoms with E-state index >= 15 is 0 Å². The molecule has 0 bridgehead atoms. The maximum Gasteiger partial charge on any atom is 0.251 e. The first-order chi connectivity index (χ1) is 16.8. The van der Waals surface area contributed by atoms with Crippen LogP contribution in [0.2, 0.25) is 5.02 Å². The third-order valence-corrected chi connectivity index (χ3v) is 6.66. The summed E-state index contributed by atoms with van der Waals surface area (Å²) in [6.07, 6.45) is 3.62. The van der Waals surface area contributed by atoms with Crippen molar-refractivity contribution in [2.24, 2.45) is 0 Å². The topological polar surface area (TPSA) is 99.3 Å². The van der Waals surface area contributed by atoms with Gasteiger partial charge in [0.2, 0.25) is 11.9 Å². The molecule has 2 heterocycles. The number of hydrogen-bond donors (Lipinski definition) is 3. The second-order valence-corrected chi connectivity index (χ2v) is 9.78. The van der Waals surface area contributed by atoms with Crippen molar-refractivity contribution in [2.45, 2.75) is 45.1 Å². The zero-order valence-corrected chi connectivity index (χ0v) is 20.6. The van der Waals surface area contributed by atoms with Crippen molar-refractivity contribution in [3.05, 3.63) is 64.8 Å². The van der Waals surface area contributed by atoms with Crippen LogP contribution in [0.3, 0.4) is 0 Å². The molecule has 1 aliphatic heterocycles. The number of anilines is 5. The molecule has 0 saturated heterocycles. The van der Waals surface area contributed by atoms with Gasteiger partial charge in [-0.15, -0.1) is 0 Å². The van der Waals surface area contributed by atoms with E-state index in [1.165, 1.54) is 6.20 Å². The highest BCUT2D eigenvalue weighted by atomic mass is 35.5. The van der Waals surface area contributed by atoms with E-state index in [2.05, 4.69) is 25.9 Å². The third kappa shape index (κ3) is 4.53. The number of likely N-dealkylation sites (N-methyl/N-ethyl adjacent to an activating group) is 1. The van der Waals surface area contributed by atoms with E-state index in [0.717, 1.165) is 35.5 Å². The van der Waals surface area contributed by atoms with Crippen molar-refractivity contribution in [3.8, 4) is 0 Å². The van der Waals surface area contributed by atoms with Crippen LogP contribution in [0.1, 0.15) is 49.5 Å². The molecule has 35 heavy (non-hydrogen) atoms. The van der Waals surface area contributed by atoms with Gasteiger partial charge in [-0.2, -0.15) is 4.98 Å². The quantitative estimate of drug-likeness (QED) is 0.423. The minimum atomic E-state index is -0.599. The molecule has 8 nitrogen and oxygen atoms in total. The first kappa shape index (κ1) is 23.1. The van der Waals surface area contributed by atoms with Crippen LogP contribution in [0.5, 0.6) is 0 Å². The van der Waals surface area contributed by atoms with Gasteiger partial charge in [0.05, 0.1) is 11.6 Å². The van der Waals surface area contributed by atoms with Crippen LogP contribution in [0.25, 0.3) is 0 Å². The molecule has 0 radical (unpaired) electrons. The van der Waals surface area contributed by atoms with E-state index < -0.39 is 5.41 Å². The lowest BCUT2D eigenvalue weighted by molar-refractivity contribution is -0.122. The molecule has 1 aromatic heterocycles. The van der Waals surface area contributed by atoms with Crippen LogP contribution < -0.4 is 20.9 Å². The van der Waals surface area contributed by atoms with Crippen molar-refractivity contribution >= 4 is 52.2 Å². The van der Waals surface area contributed by atoms with Gasteiger partial charge in [0.15, 0.2) is 5.82 Å². The minimum Gasteiger partial charge on any atom is -0.349 e. The Bertz CT molecular complexity index is 1300. The van der Waals surface area contributed by atoms with E-state index in [4.69, 9.17) is 11.6 Å². The van der Waals surface area contributed by atoms with Crippen LogP contribution in [-0.4, -0.2) is 34.4 Å². The molecule has 5 rings (SSSR count).